The van der Waals surface area contributed by atoms with Gasteiger partial charge in [-0.05, 0) is 0 Å². The predicted octanol–water partition coefficient (Wildman–Crippen LogP) is -0.321. The van der Waals surface area contributed by atoms with Crippen LogP contribution in [0.2, 0.25) is 0 Å². The number of alkyl halides is 2. The molecule has 0 radical (unpaired) electrons. The van der Waals surface area contributed by atoms with Crippen LogP contribution in [0.3, 0.4) is 0 Å². The highest BCUT2D eigenvalue weighted by atomic mass is 19.3. The van der Waals surface area contributed by atoms with E-state index in [0.717, 1.165) is 0 Å². The van der Waals surface area contributed by atoms with Crippen LogP contribution in [-0.2, 0) is 4.79 Å². The van der Waals surface area contributed by atoms with E-state index >= 15 is 0 Å². The van der Waals surface area contributed by atoms with Crippen molar-refractivity contribution >= 4 is 11.9 Å². The predicted molar refractivity (Wildman–Crippen MR) is 40.6 cm³/mol. The molecule has 0 aromatic carbocycles. The van der Waals surface area contributed by atoms with Gasteiger partial charge in [0.15, 0.2) is 0 Å². The maximum Gasteiger partial charge on any atom is 0.319 e. The van der Waals surface area contributed by atoms with Gasteiger partial charge in [0.25, 0.3) is 11.8 Å². The third-order valence-electron chi connectivity index (χ3n) is 1.04. The van der Waals surface area contributed by atoms with Crippen LogP contribution >= 0.6 is 0 Å². The molecule has 0 aliphatic carbocycles. The first-order valence-corrected chi connectivity index (χ1v) is 3.19. The number of amides is 3. The van der Waals surface area contributed by atoms with E-state index in [0.29, 0.717) is 13.0 Å². The number of allylic oxidation sites excluding steroid dienone is 1. The number of halogens is 2. The minimum Gasteiger partial charge on any atom is -0.397 e. The van der Waals surface area contributed by atoms with Gasteiger partial charge < -0.3 is 11.5 Å². The van der Waals surface area contributed by atoms with Gasteiger partial charge >= 0.3 is 6.03 Å². The van der Waals surface area contributed by atoms with Gasteiger partial charge in [0.1, 0.15) is 0 Å². The third kappa shape index (κ3) is 4.72. The van der Waals surface area contributed by atoms with Crippen LogP contribution in [0.15, 0.2) is 11.8 Å². The van der Waals surface area contributed by atoms with Gasteiger partial charge in [0, 0.05) is 13.0 Å². The fraction of sp³-hybridized carbons (Fsp3) is 0.333. The third-order valence-corrected chi connectivity index (χ3v) is 1.04. The number of primary amides is 1. The van der Waals surface area contributed by atoms with E-state index in [1.807, 2.05) is 0 Å². The normalized spacial score (nSPS) is 12.4. The first-order chi connectivity index (χ1) is 5.73. The van der Waals surface area contributed by atoms with E-state index in [2.05, 4.69) is 5.73 Å². The van der Waals surface area contributed by atoms with E-state index in [9.17, 15) is 18.4 Å². The van der Waals surface area contributed by atoms with E-state index in [1.54, 1.807) is 5.32 Å². The van der Waals surface area contributed by atoms with Gasteiger partial charge in [-0.1, -0.05) is 0 Å². The molecule has 7 heteroatoms. The molecule has 0 fully saturated rings. The monoisotopic (exact) mass is 193 g/mol. The number of nitrogens with one attached hydrogen (secondary N) is 1. The number of carbonyl (C=O) groups is 2. The summed E-state index contributed by atoms with van der Waals surface area (Å²) in [7, 11) is 0. The average Bonchev–Trinajstić information content (AvgIpc) is 1.82. The maximum atomic E-state index is 12.3. The topological polar surface area (TPSA) is 98.2 Å². The molecule has 0 aromatic rings. The molecule has 0 spiro atoms. The molecule has 0 aliphatic rings. The summed E-state index contributed by atoms with van der Waals surface area (Å²) in [4.78, 5) is 20.7. The van der Waals surface area contributed by atoms with E-state index in [1.165, 1.54) is 0 Å². The van der Waals surface area contributed by atoms with E-state index in [-0.39, 0.29) is 0 Å². The summed E-state index contributed by atoms with van der Waals surface area (Å²) >= 11 is 0. The van der Waals surface area contributed by atoms with Gasteiger partial charge in [-0.25, -0.2) is 13.6 Å². The summed E-state index contributed by atoms with van der Waals surface area (Å²) in [5, 5.41) is 1.56. The summed E-state index contributed by atoms with van der Waals surface area (Å²) in [6, 6.07) is -1.13. The Labute approximate surface area is 72.8 Å². The fourth-order valence-electron chi connectivity index (χ4n) is 0.425. The zero-order valence-electron chi connectivity index (χ0n) is 6.80. The summed E-state index contributed by atoms with van der Waals surface area (Å²) < 4.78 is 24.6. The van der Waals surface area contributed by atoms with Crippen molar-refractivity contribution in [2.45, 2.75) is 12.8 Å². The Kier molecular flexibility index (Phi) is 3.34. The lowest BCUT2D eigenvalue weighted by Gasteiger charge is -2.09. The van der Waals surface area contributed by atoms with Crippen LogP contribution < -0.4 is 16.8 Å². The molecule has 3 amide bonds. The largest absolute Gasteiger partial charge is 0.397 e. The molecule has 0 saturated carbocycles. The summed E-state index contributed by atoms with van der Waals surface area (Å²) in [5.41, 5.74) is 8.44. The number of hydrogen-bond acceptors (Lipinski definition) is 3. The van der Waals surface area contributed by atoms with Crippen LogP contribution in [0.1, 0.15) is 6.92 Å². The van der Waals surface area contributed by atoms with Gasteiger partial charge in [-0.2, -0.15) is 0 Å². The van der Waals surface area contributed by atoms with Gasteiger partial charge in [0.05, 0.1) is 5.70 Å². The molecular weight excluding hydrogens is 184 g/mol. The molecule has 0 atom stereocenters. The molecule has 0 saturated heterocycles. The number of hydrogen-bond donors (Lipinski definition) is 3. The second-order valence-electron chi connectivity index (χ2n) is 2.34. The van der Waals surface area contributed by atoms with Crippen molar-refractivity contribution in [1.82, 2.24) is 5.32 Å². The summed E-state index contributed by atoms with van der Waals surface area (Å²) in [6.07, 6.45) is 0.407. The van der Waals surface area contributed by atoms with Gasteiger partial charge in [-0.3, -0.25) is 10.1 Å². The Morgan fingerprint density at radius 1 is 1.38 bits per heavy atom. The molecule has 0 rings (SSSR count). The number of nitrogens with two attached hydrogens (primary N) is 2. The van der Waals surface area contributed by atoms with Crippen LogP contribution in [0.4, 0.5) is 13.6 Å². The van der Waals surface area contributed by atoms with E-state index in [4.69, 9.17) is 5.73 Å². The Bertz CT molecular complexity index is 257. The number of rotatable bonds is 2. The summed E-state index contributed by atoms with van der Waals surface area (Å²) in [5.74, 6) is -4.37. The highest BCUT2D eigenvalue weighted by Crippen LogP contribution is 2.17. The maximum absolute atomic E-state index is 12.3. The minimum atomic E-state index is -3.30. The molecular formula is C6H9F2N3O2. The van der Waals surface area contributed by atoms with Crippen molar-refractivity contribution in [3.8, 4) is 0 Å². The second kappa shape index (κ2) is 3.83. The minimum absolute atomic E-state index is 0.407. The molecule has 0 unspecified atom stereocenters. The zero-order valence-corrected chi connectivity index (χ0v) is 6.80. The average molecular weight is 193 g/mol. The quantitative estimate of drug-likeness (QED) is 0.524. The molecule has 5 N–H and O–H groups in total. The second-order valence-corrected chi connectivity index (χ2v) is 2.34. The number of urea groups is 1. The Morgan fingerprint density at radius 2 is 1.85 bits per heavy atom. The smallest absolute Gasteiger partial charge is 0.319 e. The molecule has 0 bridgehead atoms. The van der Waals surface area contributed by atoms with Crippen LogP contribution in [-0.4, -0.2) is 17.9 Å². The fourth-order valence-corrected chi connectivity index (χ4v) is 0.425. The molecule has 0 aliphatic heterocycles. The van der Waals surface area contributed by atoms with Crippen LogP contribution in [0, 0.1) is 0 Å². The lowest BCUT2D eigenvalue weighted by molar-refractivity contribution is -0.115. The first kappa shape index (κ1) is 11.3. The van der Waals surface area contributed by atoms with Crippen molar-refractivity contribution in [2.75, 3.05) is 0 Å². The highest BCUT2D eigenvalue weighted by Gasteiger charge is 2.25. The molecule has 0 heterocycles. The summed E-state index contributed by atoms with van der Waals surface area (Å²) in [6.45, 7) is 0.524. The van der Waals surface area contributed by atoms with Crippen molar-refractivity contribution < 1.29 is 18.4 Å². The van der Waals surface area contributed by atoms with Crippen molar-refractivity contribution in [2.24, 2.45) is 11.5 Å². The first-order valence-electron chi connectivity index (χ1n) is 3.19. The highest BCUT2D eigenvalue weighted by molar-refractivity contribution is 6.00. The zero-order chi connectivity index (χ0) is 10.6. The van der Waals surface area contributed by atoms with Crippen molar-refractivity contribution in [3.63, 3.8) is 0 Å². The van der Waals surface area contributed by atoms with Gasteiger partial charge in [-0.15, -0.1) is 0 Å². The molecule has 74 valence electrons. The number of carbonyl (C=O) groups excluding carboxylic acids is 2. The Hall–Kier alpha value is -1.66. The standard InChI is InChI=1S/C6H9F2N3O2/c1-6(7,8)3(9)2-4(12)11-5(10)13/h2H,9H2,1H3,(H3,10,11,12,13). The lowest BCUT2D eigenvalue weighted by atomic mass is 10.2. The SMILES string of the molecule is CC(F)(F)C(N)=CC(=O)NC(N)=O. The lowest BCUT2D eigenvalue weighted by Crippen LogP contribution is -2.35. The van der Waals surface area contributed by atoms with E-state index < -0.39 is 23.6 Å². The van der Waals surface area contributed by atoms with Crippen molar-refractivity contribution in [1.29, 1.82) is 0 Å². The molecule has 13 heavy (non-hydrogen) atoms. The Balaban J connectivity index is 4.40. The molecule has 0 aromatic heterocycles. The van der Waals surface area contributed by atoms with Crippen LogP contribution in [0.5, 0.6) is 0 Å². The Morgan fingerprint density at radius 3 is 2.15 bits per heavy atom. The van der Waals surface area contributed by atoms with Crippen molar-refractivity contribution in [3.05, 3.63) is 11.8 Å². The molecule has 5 nitrogen and oxygen atoms in total. The van der Waals surface area contributed by atoms with Gasteiger partial charge in [0.2, 0.25) is 0 Å². The van der Waals surface area contributed by atoms with Crippen LogP contribution in [0.25, 0.3) is 0 Å². The number of imide groups is 1.